The van der Waals surface area contributed by atoms with Crippen molar-refractivity contribution >= 4 is 0 Å². The third-order valence-electron chi connectivity index (χ3n) is 3.67. The molecule has 1 aliphatic rings. The second-order valence-electron chi connectivity index (χ2n) is 5.08. The zero-order valence-corrected chi connectivity index (χ0v) is 10.7. The Morgan fingerprint density at radius 1 is 1.33 bits per heavy atom. The van der Waals surface area contributed by atoms with Gasteiger partial charge in [-0.1, -0.05) is 6.92 Å². The number of nitrogens with zero attached hydrogens (tertiary/aromatic N) is 2. The summed E-state index contributed by atoms with van der Waals surface area (Å²) < 4.78 is 0. The first kappa shape index (κ1) is 12.9. The van der Waals surface area contributed by atoms with E-state index in [9.17, 15) is 0 Å². The normalized spacial score (nSPS) is 28.2. The smallest absolute Gasteiger partial charge is 0.0197 e. The molecule has 0 aromatic heterocycles. The summed E-state index contributed by atoms with van der Waals surface area (Å²) in [6.07, 6.45) is 2.67. The Hall–Kier alpha value is -0.120. The maximum absolute atomic E-state index is 5.78. The van der Waals surface area contributed by atoms with Crippen molar-refractivity contribution in [2.45, 2.75) is 38.8 Å². The van der Waals surface area contributed by atoms with Crippen LogP contribution in [0.3, 0.4) is 0 Å². The van der Waals surface area contributed by atoms with Gasteiger partial charge >= 0.3 is 0 Å². The Bertz CT molecular complexity index is 180. The molecule has 3 atom stereocenters. The summed E-state index contributed by atoms with van der Waals surface area (Å²) in [5, 5.41) is 0. The summed E-state index contributed by atoms with van der Waals surface area (Å²) in [6.45, 7) is 7.74. The van der Waals surface area contributed by atoms with E-state index in [-0.39, 0.29) is 0 Å². The molecule has 0 aromatic carbocycles. The lowest BCUT2D eigenvalue weighted by Crippen LogP contribution is -2.54. The second-order valence-corrected chi connectivity index (χ2v) is 5.08. The van der Waals surface area contributed by atoms with Crippen LogP contribution in [-0.2, 0) is 0 Å². The molecule has 0 spiro atoms. The zero-order chi connectivity index (χ0) is 11.4. The van der Waals surface area contributed by atoms with Crippen LogP contribution in [0.5, 0.6) is 0 Å². The summed E-state index contributed by atoms with van der Waals surface area (Å²) in [7, 11) is 4.29. The third-order valence-corrected chi connectivity index (χ3v) is 3.67. The minimum absolute atomic E-state index is 0.643. The summed E-state index contributed by atoms with van der Waals surface area (Å²) in [5.74, 6) is 0.745. The summed E-state index contributed by atoms with van der Waals surface area (Å²) in [5.41, 5.74) is 5.78. The first-order valence-electron chi connectivity index (χ1n) is 6.20. The van der Waals surface area contributed by atoms with E-state index in [4.69, 9.17) is 5.73 Å². The van der Waals surface area contributed by atoms with Gasteiger partial charge in [-0.15, -0.1) is 0 Å². The van der Waals surface area contributed by atoms with Gasteiger partial charge in [0.05, 0.1) is 0 Å². The Labute approximate surface area is 94.6 Å². The largest absolute Gasteiger partial charge is 0.330 e. The topological polar surface area (TPSA) is 32.5 Å². The summed E-state index contributed by atoms with van der Waals surface area (Å²) in [4.78, 5) is 4.89. The Balaban J connectivity index is 2.47. The van der Waals surface area contributed by atoms with E-state index >= 15 is 0 Å². The SMILES string of the molecule is CCN(C(C)CN(C)C)C1CCC1CN. The fraction of sp³-hybridized carbons (Fsp3) is 1.00. The van der Waals surface area contributed by atoms with Crippen LogP contribution in [0.15, 0.2) is 0 Å². The van der Waals surface area contributed by atoms with Crippen molar-refractivity contribution in [3.8, 4) is 0 Å². The highest BCUT2D eigenvalue weighted by Gasteiger charge is 2.35. The van der Waals surface area contributed by atoms with Crippen molar-refractivity contribution in [1.29, 1.82) is 0 Å². The lowest BCUT2D eigenvalue weighted by molar-refractivity contribution is 0.0325. The molecular weight excluding hydrogens is 186 g/mol. The van der Waals surface area contributed by atoms with Crippen LogP contribution in [-0.4, -0.2) is 55.6 Å². The van der Waals surface area contributed by atoms with Crippen LogP contribution in [0, 0.1) is 5.92 Å². The van der Waals surface area contributed by atoms with Gasteiger partial charge in [-0.2, -0.15) is 0 Å². The van der Waals surface area contributed by atoms with Crippen LogP contribution in [0.2, 0.25) is 0 Å². The standard InChI is InChI=1S/C12H27N3/c1-5-15(10(2)9-14(3)4)12-7-6-11(12)8-13/h10-12H,5-9,13H2,1-4H3. The van der Waals surface area contributed by atoms with Crippen LogP contribution < -0.4 is 5.73 Å². The zero-order valence-electron chi connectivity index (χ0n) is 10.7. The van der Waals surface area contributed by atoms with Gasteiger partial charge in [0, 0.05) is 18.6 Å². The van der Waals surface area contributed by atoms with Gasteiger partial charge in [0.1, 0.15) is 0 Å². The van der Waals surface area contributed by atoms with Gasteiger partial charge in [-0.25, -0.2) is 0 Å². The molecule has 2 N–H and O–H groups in total. The highest BCUT2D eigenvalue weighted by Crippen LogP contribution is 2.32. The minimum atomic E-state index is 0.643. The van der Waals surface area contributed by atoms with E-state index in [0.717, 1.165) is 31.6 Å². The average molecular weight is 213 g/mol. The molecule has 0 bridgehead atoms. The number of hydrogen-bond donors (Lipinski definition) is 1. The second kappa shape index (κ2) is 5.83. The number of nitrogens with two attached hydrogens (primary N) is 1. The molecule has 0 amide bonds. The predicted octanol–water partition coefficient (Wildman–Crippen LogP) is 0.996. The van der Waals surface area contributed by atoms with E-state index < -0.39 is 0 Å². The van der Waals surface area contributed by atoms with Crippen LogP contribution in [0.4, 0.5) is 0 Å². The van der Waals surface area contributed by atoms with Crippen LogP contribution in [0.1, 0.15) is 26.7 Å². The van der Waals surface area contributed by atoms with Crippen LogP contribution in [0.25, 0.3) is 0 Å². The summed E-state index contributed by atoms with van der Waals surface area (Å²) in [6, 6.07) is 1.39. The molecule has 1 saturated carbocycles. The van der Waals surface area contributed by atoms with Crippen molar-refractivity contribution in [1.82, 2.24) is 9.80 Å². The van der Waals surface area contributed by atoms with Crippen molar-refractivity contribution < 1.29 is 0 Å². The van der Waals surface area contributed by atoms with Crippen molar-refractivity contribution in [3.63, 3.8) is 0 Å². The van der Waals surface area contributed by atoms with Gasteiger partial charge in [0.25, 0.3) is 0 Å². The van der Waals surface area contributed by atoms with E-state index in [1.54, 1.807) is 0 Å². The Morgan fingerprint density at radius 3 is 2.33 bits per heavy atom. The van der Waals surface area contributed by atoms with Crippen molar-refractivity contribution in [2.75, 3.05) is 33.7 Å². The number of likely N-dealkylation sites (N-methyl/N-ethyl adjacent to an activating group) is 2. The molecule has 1 aliphatic carbocycles. The lowest BCUT2D eigenvalue weighted by atomic mass is 9.78. The van der Waals surface area contributed by atoms with Gasteiger partial charge in [-0.3, -0.25) is 4.90 Å². The van der Waals surface area contributed by atoms with Gasteiger partial charge < -0.3 is 10.6 Å². The molecular formula is C12H27N3. The molecule has 3 heteroatoms. The minimum Gasteiger partial charge on any atom is -0.330 e. The van der Waals surface area contributed by atoms with E-state index in [2.05, 4.69) is 37.7 Å². The predicted molar refractivity (Wildman–Crippen MR) is 66.0 cm³/mol. The molecule has 90 valence electrons. The van der Waals surface area contributed by atoms with E-state index in [1.165, 1.54) is 12.8 Å². The Kier molecular flexibility index (Phi) is 5.03. The first-order valence-corrected chi connectivity index (χ1v) is 6.20. The van der Waals surface area contributed by atoms with Gasteiger partial charge in [-0.05, 0) is 52.9 Å². The fourth-order valence-corrected chi connectivity index (χ4v) is 2.77. The molecule has 0 saturated heterocycles. The molecule has 1 rings (SSSR count). The number of hydrogen-bond acceptors (Lipinski definition) is 3. The maximum Gasteiger partial charge on any atom is 0.0197 e. The van der Waals surface area contributed by atoms with Crippen molar-refractivity contribution in [2.24, 2.45) is 11.7 Å². The Morgan fingerprint density at radius 2 is 2.00 bits per heavy atom. The fourth-order valence-electron chi connectivity index (χ4n) is 2.77. The van der Waals surface area contributed by atoms with Gasteiger partial charge in [0.2, 0.25) is 0 Å². The quantitative estimate of drug-likeness (QED) is 0.714. The highest BCUT2D eigenvalue weighted by atomic mass is 15.2. The molecule has 15 heavy (non-hydrogen) atoms. The average Bonchev–Trinajstić information content (AvgIpc) is 2.11. The number of rotatable bonds is 6. The van der Waals surface area contributed by atoms with Crippen molar-refractivity contribution in [3.05, 3.63) is 0 Å². The maximum atomic E-state index is 5.78. The van der Waals surface area contributed by atoms with E-state index in [1.807, 2.05) is 0 Å². The first-order chi connectivity index (χ1) is 7.10. The van der Waals surface area contributed by atoms with Gasteiger partial charge in [0.15, 0.2) is 0 Å². The summed E-state index contributed by atoms with van der Waals surface area (Å²) >= 11 is 0. The third kappa shape index (κ3) is 3.16. The molecule has 1 fully saturated rings. The molecule has 0 heterocycles. The molecule has 0 aromatic rings. The van der Waals surface area contributed by atoms with Crippen LogP contribution >= 0.6 is 0 Å². The lowest BCUT2D eigenvalue weighted by Gasteiger charge is -2.47. The molecule has 3 nitrogen and oxygen atoms in total. The molecule has 0 aliphatic heterocycles. The van der Waals surface area contributed by atoms with E-state index in [0.29, 0.717) is 6.04 Å². The molecule has 0 radical (unpaired) electrons. The highest BCUT2D eigenvalue weighted by molar-refractivity contribution is 4.91. The monoisotopic (exact) mass is 213 g/mol. The molecule has 3 unspecified atom stereocenters.